The number of hydrogen-bond acceptors (Lipinski definition) is 3. The molecule has 0 amide bonds. The third-order valence-electron chi connectivity index (χ3n) is 2.56. The van der Waals surface area contributed by atoms with Gasteiger partial charge in [0.25, 0.3) is 0 Å². The van der Waals surface area contributed by atoms with Crippen molar-refractivity contribution in [1.29, 1.82) is 5.41 Å². The van der Waals surface area contributed by atoms with E-state index in [-0.39, 0.29) is 0 Å². The van der Waals surface area contributed by atoms with Crippen LogP contribution in [-0.2, 0) is 6.42 Å². The Morgan fingerprint density at radius 2 is 1.94 bits per heavy atom. The second kappa shape index (κ2) is 6.69. The molecule has 0 atom stereocenters. The predicted octanol–water partition coefficient (Wildman–Crippen LogP) is 2.39. The third kappa shape index (κ3) is 4.49. The zero-order chi connectivity index (χ0) is 13.5. The molecule has 1 rings (SSSR count). The molecule has 18 heavy (non-hydrogen) atoms. The van der Waals surface area contributed by atoms with Crippen LogP contribution in [0.3, 0.4) is 0 Å². The summed E-state index contributed by atoms with van der Waals surface area (Å²) in [6.07, 6.45) is 3.84. The lowest BCUT2D eigenvalue weighted by atomic mass is 10.1. The van der Waals surface area contributed by atoms with E-state index in [4.69, 9.17) is 11.1 Å². The molecule has 0 spiro atoms. The molecule has 1 aromatic rings. The number of likely N-dealkylation sites (N-methyl/N-ethyl adjacent to an activating group) is 1. The monoisotopic (exact) mass is 246 g/mol. The first-order chi connectivity index (χ1) is 8.52. The minimum atomic E-state index is 0.364. The second-order valence-electron chi connectivity index (χ2n) is 4.45. The van der Waals surface area contributed by atoms with Gasteiger partial charge in [-0.05, 0) is 24.1 Å². The summed E-state index contributed by atoms with van der Waals surface area (Å²) in [6, 6.07) is 8.20. The highest BCUT2D eigenvalue weighted by Crippen LogP contribution is 2.11. The van der Waals surface area contributed by atoms with Crippen LogP contribution in [0.5, 0.6) is 0 Å². The molecule has 0 aromatic heterocycles. The van der Waals surface area contributed by atoms with Crippen LogP contribution < -0.4 is 11.1 Å². The van der Waals surface area contributed by atoms with Gasteiger partial charge in [0.15, 0.2) is 0 Å². The lowest BCUT2D eigenvalue weighted by molar-refractivity contribution is 0.621. The van der Waals surface area contributed by atoms with Crippen molar-refractivity contribution in [2.75, 3.05) is 19.4 Å². The van der Waals surface area contributed by atoms with Crippen molar-refractivity contribution in [2.45, 2.75) is 19.8 Å². The second-order valence-corrected chi connectivity index (χ2v) is 4.45. The summed E-state index contributed by atoms with van der Waals surface area (Å²) in [4.78, 5) is 1.69. The fourth-order valence-electron chi connectivity index (χ4n) is 1.52. The maximum absolute atomic E-state index is 7.66. The van der Waals surface area contributed by atoms with Gasteiger partial charge in [-0.1, -0.05) is 25.5 Å². The fraction of sp³-hybridized carbons (Fsp3) is 0.357. The molecule has 0 heterocycles. The Hall–Kier alpha value is -1.97. The van der Waals surface area contributed by atoms with Crippen LogP contribution in [0.1, 0.15) is 18.9 Å². The summed E-state index contributed by atoms with van der Waals surface area (Å²) in [5.74, 6) is 0.833. The van der Waals surface area contributed by atoms with E-state index in [1.165, 1.54) is 5.56 Å². The van der Waals surface area contributed by atoms with Crippen molar-refractivity contribution in [1.82, 2.24) is 4.90 Å². The van der Waals surface area contributed by atoms with Gasteiger partial charge < -0.3 is 16.0 Å². The Kier molecular flexibility index (Phi) is 5.24. The van der Waals surface area contributed by atoms with E-state index in [0.717, 1.165) is 18.5 Å². The molecule has 0 radical (unpaired) electrons. The number of nitrogens with zero attached hydrogens (tertiary/aromatic N) is 1. The molecule has 0 aliphatic carbocycles. The molecule has 0 bridgehead atoms. The lowest BCUT2D eigenvalue weighted by Gasteiger charge is -2.12. The van der Waals surface area contributed by atoms with Crippen LogP contribution in [0.25, 0.3) is 0 Å². The van der Waals surface area contributed by atoms with E-state index in [9.17, 15) is 0 Å². The van der Waals surface area contributed by atoms with Crippen LogP contribution in [0, 0.1) is 5.41 Å². The van der Waals surface area contributed by atoms with Gasteiger partial charge in [0.1, 0.15) is 11.7 Å². The van der Waals surface area contributed by atoms with E-state index >= 15 is 0 Å². The van der Waals surface area contributed by atoms with Gasteiger partial charge in [0.2, 0.25) is 0 Å². The van der Waals surface area contributed by atoms with Crippen LogP contribution in [0.2, 0.25) is 0 Å². The molecular weight excluding hydrogens is 224 g/mol. The smallest absolute Gasteiger partial charge is 0.123 e. The third-order valence-corrected chi connectivity index (χ3v) is 2.56. The van der Waals surface area contributed by atoms with E-state index in [1.807, 2.05) is 26.2 Å². The maximum Gasteiger partial charge on any atom is 0.123 e. The van der Waals surface area contributed by atoms with E-state index in [1.54, 1.807) is 11.0 Å². The standard InChI is InChI=1S/C14H22N4/c1-4-5-11-6-8-12(9-7-11)17-13(15)10-14(16)18(2)3/h6-10,16-17H,4-5,15H2,1-3H3/b13-10+,16-14?. The van der Waals surface area contributed by atoms with Crippen LogP contribution in [0.4, 0.5) is 5.69 Å². The Bertz CT molecular complexity index is 418. The normalized spacial score (nSPS) is 11.2. The van der Waals surface area contributed by atoms with Crippen molar-refractivity contribution >= 4 is 11.5 Å². The SMILES string of the molecule is CCCc1ccc(N/C(N)=C/C(=N)N(C)C)cc1. The molecule has 1 aromatic carbocycles. The molecule has 0 saturated carbocycles. The number of hydrogen-bond donors (Lipinski definition) is 3. The molecule has 0 aliphatic rings. The minimum absolute atomic E-state index is 0.364. The highest BCUT2D eigenvalue weighted by molar-refractivity contribution is 5.90. The van der Waals surface area contributed by atoms with Gasteiger partial charge in [0.05, 0.1) is 0 Å². The zero-order valence-electron chi connectivity index (χ0n) is 11.3. The Morgan fingerprint density at radius 3 is 2.44 bits per heavy atom. The average Bonchev–Trinajstić information content (AvgIpc) is 2.31. The first-order valence-corrected chi connectivity index (χ1v) is 6.12. The zero-order valence-corrected chi connectivity index (χ0v) is 11.3. The van der Waals surface area contributed by atoms with E-state index in [0.29, 0.717) is 11.7 Å². The molecular formula is C14H22N4. The van der Waals surface area contributed by atoms with Crippen LogP contribution >= 0.6 is 0 Å². The van der Waals surface area contributed by atoms with Gasteiger partial charge in [-0.2, -0.15) is 0 Å². The number of anilines is 1. The molecule has 0 unspecified atom stereocenters. The molecule has 98 valence electrons. The first kappa shape index (κ1) is 14.1. The average molecular weight is 246 g/mol. The molecule has 0 fully saturated rings. The lowest BCUT2D eigenvalue weighted by Crippen LogP contribution is -2.21. The molecule has 4 nitrogen and oxygen atoms in total. The molecule has 0 saturated heterocycles. The molecule has 4 heteroatoms. The summed E-state index contributed by atoms with van der Waals surface area (Å²) >= 11 is 0. The van der Waals surface area contributed by atoms with E-state index < -0.39 is 0 Å². The summed E-state index contributed by atoms with van der Waals surface area (Å²) in [5, 5.41) is 10.7. The number of benzene rings is 1. The number of aryl methyl sites for hydroxylation is 1. The number of nitrogens with two attached hydrogens (primary N) is 1. The minimum Gasteiger partial charge on any atom is -0.385 e. The quantitative estimate of drug-likeness (QED) is 0.552. The van der Waals surface area contributed by atoms with Gasteiger partial charge >= 0.3 is 0 Å². The van der Waals surface area contributed by atoms with Crippen molar-refractivity contribution in [2.24, 2.45) is 5.73 Å². The van der Waals surface area contributed by atoms with Gasteiger partial charge in [0, 0.05) is 25.9 Å². The summed E-state index contributed by atoms with van der Waals surface area (Å²) in [7, 11) is 3.62. The highest BCUT2D eigenvalue weighted by atomic mass is 15.1. The Morgan fingerprint density at radius 1 is 1.33 bits per heavy atom. The Labute approximate surface area is 109 Å². The maximum atomic E-state index is 7.66. The van der Waals surface area contributed by atoms with Crippen LogP contribution in [0.15, 0.2) is 36.2 Å². The first-order valence-electron chi connectivity index (χ1n) is 6.12. The highest BCUT2D eigenvalue weighted by Gasteiger charge is 1.98. The summed E-state index contributed by atoms with van der Waals surface area (Å²) < 4.78 is 0. The molecule has 4 N–H and O–H groups in total. The number of rotatable bonds is 5. The van der Waals surface area contributed by atoms with Crippen molar-refractivity contribution in [3.63, 3.8) is 0 Å². The van der Waals surface area contributed by atoms with Crippen molar-refractivity contribution in [3.8, 4) is 0 Å². The van der Waals surface area contributed by atoms with Gasteiger partial charge in [-0.15, -0.1) is 0 Å². The van der Waals surface area contributed by atoms with Gasteiger partial charge in [-0.25, -0.2) is 0 Å². The largest absolute Gasteiger partial charge is 0.385 e. The fourth-order valence-corrected chi connectivity index (χ4v) is 1.52. The summed E-state index contributed by atoms with van der Waals surface area (Å²) in [6.45, 7) is 2.17. The van der Waals surface area contributed by atoms with E-state index in [2.05, 4.69) is 24.4 Å². The van der Waals surface area contributed by atoms with Crippen LogP contribution in [-0.4, -0.2) is 24.8 Å². The predicted molar refractivity (Wildman–Crippen MR) is 77.7 cm³/mol. The topological polar surface area (TPSA) is 65.1 Å². The Balaban J connectivity index is 2.64. The number of nitrogens with one attached hydrogen (secondary N) is 2. The van der Waals surface area contributed by atoms with Crippen molar-refractivity contribution < 1.29 is 0 Å². The molecule has 0 aliphatic heterocycles. The van der Waals surface area contributed by atoms with Gasteiger partial charge in [-0.3, -0.25) is 5.41 Å². The number of amidine groups is 1. The van der Waals surface area contributed by atoms with Crippen molar-refractivity contribution in [3.05, 3.63) is 41.7 Å². The summed E-state index contributed by atoms with van der Waals surface area (Å²) in [5.41, 5.74) is 8.09.